The number of carbonyl (C=O) groups excluding carboxylic acids is 1. The van der Waals surface area contributed by atoms with Crippen molar-refractivity contribution in [1.29, 1.82) is 0 Å². The van der Waals surface area contributed by atoms with Gasteiger partial charge in [0.15, 0.2) is 5.16 Å². The van der Waals surface area contributed by atoms with Crippen molar-refractivity contribution in [2.75, 3.05) is 12.8 Å². The van der Waals surface area contributed by atoms with Gasteiger partial charge in [-0.25, -0.2) is 9.89 Å². The van der Waals surface area contributed by atoms with E-state index in [0.717, 1.165) is 24.0 Å². The van der Waals surface area contributed by atoms with Crippen LogP contribution >= 0.6 is 11.8 Å². The van der Waals surface area contributed by atoms with Crippen molar-refractivity contribution in [3.63, 3.8) is 0 Å². The van der Waals surface area contributed by atoms with Gasteiger partial charge in [-0.1, -0.05) is 85.8 Å². The van der Waals surface area contributed by atoms with E-state index in [1.54, 1.807) is 9.47 Å². The highest BCUT2D eigenvalue weighted by atomic mass is 32.2. The maximum Gasteiger partial charge on any atom is 0.343 e. The molecule has 1 amide bonds. The Hall–Kier alpha value is -2.80. The summed E-state index contributed by atoms with van der Waals surface area (Å²) in [6.45, 7) is 2.68. The Morgan fingerprint density at radius 2 is 1.69 bits per heavy atom. The zero-order valence-corrected chi connectivity index (χ0v) is 17.6. The maximum absolute atomic E-state index is 13.0. The third kappa shape index (κ3) is 5.17. The number of thioether (sulfide) groups is 1. The van der Waals surface area contributed by atoms with Crippen molar-refractivity contribution < 1.29 is 4.79 Å². The molecule has 0 aliphatic carbocycles. The van der Waals surface area contributed by atoms with Crippen LogP contribution in [-0.2, 0) is 11.3 Å². The van der Waals surface area contributed by atoms with Gasteiger partial charge in [-0.3, -0.25) is 9.36 Å². The molecule has 2 aromatic carbocycles. The Balaban J connectivity index is 1.76. The van der Waals surface area contributed by atoms with Crippen molar-refractivity contribution in [1.82, 2.24) is 19.7 Å². The summed E-state index contributed by atoms with van der Waals surface area (Å²) in [5.41, 5.74) is 1.88. The lowest BCUT2D eigenvalue weighted by Gasteiger charge is -2.29. The minimum absolute atomic E-state index is 0.0230. The Morgan fingerprint density at radius 1 is 1.10 bits per heavy atom. The molecule has 0 aliphatic heterocycles. The molecule has 1 N–H and O–H groups in total. The maximum atomic E-state index is 13.0. The van der Waals surface area contributed by atoms with Gasteiger partial charge in [-0.05, 0) is 17.5 Å². The molecule has 6 nitrogen and oxygen atoms in total. The zero-order chi connectivity index (χ0) is 20.6. The second kappa shape index (κ2) is 10.1. The third-order valence-corrected chi connectivity index (χ3v) is 5.76. The van der Waals surface area contributed by atoms with Crippen molar-refractivity contribution in [3.05, 3.63) is 82.3 Å². The van der Waals surface area contributed by atoms with Crippen LogP contribution in [0, 0.1) is 0 Å². The van der Waals surface area contributed by atoms with Crippen molar-refractivity contribution in [3.8, 4) is 0 Å². The standard InChI is InChI=1S/C22H26N4O2S/c1-3-4-15-26-21(28)23-24-22(26)29-16-19(27)25(2)20(17-11-7-5-8-12-17)18-13-9-6-10-14-18/h5-14,20H,3-4,15-16H2,1-2H3,(H,23,28). The predicted octanol–water partition coefficient (Wildman–Crippen LogP) is 3.71. The van der Waals surface area contributed by atoms with Crippen LogP contribution in [0.15, 0.2) is 70.6 Å². The summed E-state index contributed by atoms with van der Waals surface area (Å²) in [5.74, 6) is 0.188. The van der Waals surface area contributed by atoms with Crippen LogP contribution in [0.3, 0.4) is 0 Å². The van der Waals surface area contributed by atoms with Gasteiger partial charge in [0.1, 0.15) is 0 Å². The molecule has 1 heterocycles. The van der Waals surface area contributed by atoms with Crippen LogP contribution in [0.5, 0.6) is 0 Å². The minimum Gasteiger partial charge on any atom is -0.334 e. The number of unbranched alkanes of at least 4 members (excludes halogenated alkanes) is 1. The number of nitrogens with zero attached hydrogens (tertiary/aromatic N) is 3. The lowest BCUT2D eigenvalue weighted by molar-refractivity contribution is -0.128. The van der Waals surface area contributed by atoms with E-state index in [1.165, 1.54) is 11.8 Å². The van der Waals surface area contributed by atoms with Gasteiger partial charge in [-0.15, -0.1) is 5.10 Å². The number of benzene rings is 2. The number of hydrogen-bond donors (Lipinski definition) is 1. The normalized spacial score (nSPS) is 11.0. The first-order valence-corrected chi connectivity index (χ1v) is 10.7. The number of hydrogen-bond acceptors (Lipinski definition) is 4. The average Bonchev–Trinajstić information content (AvgIpc) is 3.11. The first kappa shape index (κ1) is 20.9. The molecule has 152 valence electrons. The molecule has 0 aliphatic rings. The fourth-order valence-corrected chi connectivity index (χ4v) is 4.11. The highest BCUT2D eigenvalue weighted by Gasteiger charge is 2.24. The van der Waals surface area contributed by atoms with Crippen molar-refractivity contribution >= 4 is 17.7 Å². The minimum atomic E-state index is -0.229. The molecular formula is C22H26N4O2S. The summed E-state index contributed by atoms with van der Waals surface area (Å²) in [6.07, 6.45) is 1.88. The second-order valence-electron chi connectivity index (χ2n) is 6.83. The van der Waals surface area contributed by atoms with Crippen LogP contribution in [0.25, 0.3) is 0 Å². The van der Waals surface area contributed by atoms with E-state index in [4.69, 9.17) is 0 Å². The van der Waals surface area contributed by atoms with E-state index in [-0.39, 0.29) is 23.4 Å². The fourth-order valence-electron chi connectivity index (χ4n) is 3.21. The van der Waals surface area contributed by atoms with Crippen LogP contribution in [0.4, 0.5) is 0 Å². The Labute approximate surface area is 174 Å². The SMILES string of the molecule is CCCCn1c(SCC(=O)N(C)C(c2ccccc2)c2ccccc2)n[nH]c1=O. The molecule has 0 bridgehead atoms. The van der Waals surface area contributed by atoms with Crippen LogP contribution in [0.1, 0.15) is 36.9 Å². The van der Waals surface area contributed by atoms with Gasteiger partial charge in [-0.2, -0.15) is 0 Å². The van der Waals surface area contributed by atoms with Gasteiger partial charge in [0, 0.05) is 13.6 Å². The number of nitrogens with one attached hydrogen (secondary N) is 1. The van der Waals surface area contributed by atoms with E-state index in [9.17, 15) is 9.59 Å². The first-order chi connectivity index (χ1) is 14.1. The van der Waals surface area contributed by atoms with Crippen LogP contribution in [-0.4, -0.2) is 38.4 Å². The smallest absolute Gasteiger partial charge is 0.334 e. The number of amides is 1. The van der Waals surface area contributed by atoms with E-state index in [1.807, 2.05) is 67.7 Å². The molecule has 0 unspecified atom stereocenters. The third-order valence-electron chi connectivity index (χ3n) is 4.79. The molecule has 0 atom stereocenters. The Kier molecular flexibility index (Phi) is 7.30. The highest BCUT2D eigenvalue weighted by molar-refractivity contribution is 7.99. The number of aromatic nitrogens is 3. The summed E-state index contributed by atoms with van der Waals surface area (Å²) < 4.78 is 1.60. The monoisotopic (exact) mass is 410 g/mol. The van der Waals surface area contributed by atoms with Gasteiger partial charge in [0.2, 0.25) is 5.91 Å². The van der Waals surface area contributed by atoms with E-state index in [2.05, 4.69) is 17.1 Å². The van der Waals surface area contributed by atoms with E-state index < -0.39 is 0 Å². The number of H-pyrrole nitrogens is 1. The van der Waals surface area contributed by atoms with Crippen LogP contribution in [0.2, 0.25) is 0 Å². The lowest BCUT2D eigenvalue weighted by Crippen LogP contribution is -2.33. The molecule has 1 aromatic heterocycles. The topological polar surface area (TPSA) is 71.0 Å². The first-order valence-electron chi connectivity index (χ1n) is 9.75. The molecule has 7 heteroatoms. The molecule has 3 rings (SSSR count). The van der Waals surface area contributed by atoms with Crippen molar-refractivity contribution in [2.45, 2.75) is 37.5 Å². The molecule has 3 aromatic rings. The molecular weight excluding hydrogens is 384 g/mol. The van der Waals surface area contributed by atoms with Crippen LogP contribution < -0.4 is 5.69 Å². The van der Waals surface area contributed by atoms with E-state index >= 15 is 0 Å². The molecule has 0 saturated carbocycles. The molecule has 0 saturated heterocycles. The largest absolute Gasteiger partial charge is 0.343 e. The van der Waals surface area contributed by atoms with Gasteiger partial charge >= 0.3 is 5.69 Å². The summed E-state index contributed by atoms with van der Waals surface area (Å²) in [5, 5.41) is 7.12. The summed E-state index contributed by atoms with van der Waals surface area (Å²) in [7, 11) is 1.82. The summed E-state index contributed by atoms with van der Waals surface area (Å²) in [6, 6.07) is 19.8. The zero-order valence-electron chi connectivity index (χ0n) is 16.7. The summed E-state index contributed by atoms with van der Waals surface area (Å²) in [4.78, 5) is 26.7. The molecule has 29 heavy (non-hydrogen) atoms. The second-order valence-corrected chi connectivity index (χ2v) is 7.78. The lowest BCUT2D eigenvalue weighted by atomic mass is 9.97. The number of aromatic amines is 1. The van der Waals surface area contributed by atoms with Gasteiger partial charge in [0.05, 0.1) is 11.8 Å². The Bertz CT molecular complexity index is 930. The average molecular weight is 411 g/mol. The number of carbonyl (C=O) groups is 1. The van der Waals surface area contributed by atoms with Gasteiger partial charge < -0.3 is 4.90 Å². The Morgan fingerprint density at radius 3 is 2.24 bits per heavy atom. The van der Waals surface area contributed by atoms with E-state index in [0.29, 0.717) is 11.7 Å². The highest BCUT2D eigenvalue weighted by Crippen LogP contribution is 2.28. The quantitative estimate of drug-likeness (QED) is 0.546. The molecule has 0 fully saturated rings. The van der Waals surface area contributed by atoms with Gasteiger partial charge in [0.25, 0.3) is 0 Å². The fraction of sp³-hybridized carbons (Fsp3) is 0.318. The summed E-state index contributed by atoms with van der Waals surface area (Å²) >= 11 is 1.29. The predicted molar refractivity (Wildman–Crippen MR) is 116 cm³/mol. The van der Waals surface area contributed by atoms with Crippen molar-refractivity contribution in [2.24, 2.45) is 0 Å². The molecule has 0 radical (unpaired) electrons. The number of rotatable bonds is 9. The molecule has 0 spiro atoms.